The maximum atomic E-state index is 14.0. The number of aliphatic hydroxyl groups is 1. The minimum Gasteiger partial charge on any atom is -0.393 e. The Hall–Kier alpha value is -1.58. The summed E-state index contributed by atoms with van der Waals surface area (Å²) in [6.07, 6.45) is 1.19. The first-order valence-corrected chi connectivity index (χ1v) is 9.42. The minimum absolute atomic E-state index is 0.0728. The van der Waals surface area contributed by atoms with Gasteiger partial charge < -0.3 is 10.4 Å². The third-order valence-corrected chi connectivity index (χ3v) is 4.68. The third kappa shape index (κ3) is 5.22. The van der Waals surface area contributed by atoms with Gasteiger partial charge in [-0.05, 0) is 24.8 Å². The van der Waals surface area contributed by atoms with E-state index in [-0.39, 0.29) is 24.4 Å². The van der Waals surface area contributed by atoms with Crippen LogP contribution in [0, 0.1) is 17.6 Å². The highest BCUT2D eigenvalue weighted by Crippen LogP contribution is 2.39. The van der Waals surface area contributed by atoms with Crippen molar-refractivity contribution < 1.29 is 27.1 Å². The van der Waals surface area contributed by atoms with Crippen LogP contribution in [0.5, 0.6) is 0 Å². The Bertz CT molecular complexity index is 705. The van der Waals surface area contributed by atoms with Crippen LogP contribution < -0.4 is 10.0 Å². The number of halogens is 2. The Morgan fingerprint density at radius 1 is 1.38 bits per heavy atom. The molecule has 0 spiro atoms. The van der Waals surface area contributed by atoms with Crippen molar-refractivity contribution >= 4 is 15.9 Å². The number of benzene rings is 1. The molecule has 1 aromatic carbocycles. The van der Waals surface area contributed by atoms with Gasteiger partial charge in [0.2, 0.25) is 15.9 Å². The summed E-state index contributed by atoms with van der Waals surface area (Å²) in [5.74, 6) is -2.10. The molecule has 1 unspecified atom stereocenters. The van der Waals surface area contributed by atoms with Crippen LogP contribution in [0.2, 0.25) is 0 Å². The van der Waals surface area contributed by atoms with E-state index in [1.165, 1.54) is 6.07 Å². The molecular weight excluding hydrogens is 342 g/mol. The number of sulfonamides is 1. The average molecular weight is 362 g/mol. The molecule has 1 aliphatic carbocycles. The van der Waals surface area contributed by atoms with Crippen molar-refractivity contribution in [1.29, 1.82) is 0 Å². The largest absolute Gasteiger partial charge is 0.393 e. The number of carbonyl (C=O) groups is 1. The van der Waals surface area contributed by atoms with E-state index in [9.17, 15) is 27.1 Å². The molecule has 0 saturated heterocycles. The summed E-state index contributed by atoms with van der Waals surface area (Å²) >= 11 is 0. The summed E-state index contributed by atoms with van der Waals surface area (Å²) in [6, 6.07) is 2.43. The lowest BCUT2D eigenvalue weighted by Crippen LogP contribution is -2.42. The van der Waals surface area contributed by atoms with E-state index in [0.717, 1.165) is 18.4 Å². The van der Waals surface area contributed by atoms with Crippen LogP contribution in [0.25, 0.3) is 0 Å². The average Bonchev–Trinajstić information content (AvgIpc) is 2.41. The van der Waals surface area contributed by atoms with Gasteiger partial charge in [0.05, 0.1) is 18.4 Å². The zero-order chi connectivity index (χ0) is 17.9. The van der Waals surface area contributed by atoms with Crippen LogP contribution >= 0.6 is 0 Å². The molecule has 9 heteroatoms. The standard InChI is InChI=1S/C15H20F2N2O4S/c1-24(22,23)18-5-4-14(21)19-15(9-6-11(20)7-9)12-3-2-10(16)8-13(12)17/h2-3,8-9,11,15,18,20H,4-7H2,1H3,(H,19,21). The highest BCUT2D eigenvalue weighted by atomic mass is 32.2. The fraction of sp³-hybridized carbons (Fsp3) is 0.533. The zero-order valence-electron chi connectivity index (χ0n) is 13.1. The van der Waals surface area contributed by atoms with Crippen LogP contribution in [0.3, 0.4) is 0 Å². The van der Waals surface area contributed by atoms with Crippen molar-refractivity contribution in [3.63, 3.8) is 0 Å². The van der Waals surface area contributed by atoms with Crippen molar-refractivity contribution in [1.82, 2.24) is 10.0 Å². The lowest BCUT2D eigenvalue weighted by molar-refractivity contribution is -0.122. The van der Waals surface area contributed by atoms with E-state index >= 15 is 0 Å². The molecule has 0 radical (unpaired) electrons. The van der Waals surface area contributed by atoms with Gasteiger partial charge in [-0.25, -0.2) is 21.9 Å². The summed E-state index contributed by atoms with van der Waals surface area (Å²) in [7, 11) is -3.39. The third-order valence-electron chi connectivity index (χ3n) is 3.95. The molecule has 0 aliphatic heterocycles. The number of hydrogen-bond donors (Lipinski definition) is 3. The molecule has 0 bridgehead atoms. The Kier molecular flexibility index (Phi) is 5.89. The van der Waals surface area contributed by atoms with Crippen LogP contribution in [0.15, 0.2) is 18.2 Å². The number of amides is 1. The Morgan fingerprint density at radius 3 is 2.58 bits per heavy atom. The molecule has 2 rings (SSSR count). The molecule has 0 heterocycles. The Labute approximate surface area is 139 Å². The van der Waals surface area contributed by atoms with Crippen LogP contribution in [0.1, 0.15) is 30.9 Å². The van der Waals surface area contributed by atoms with Crippen molar-refractivity contribution in [2.75, 3.05) is 12.8 Å². The van der Waals surface area contributed by atoms with E-state index < -0.39 is 39.7 Å². The molecule has 134 valence electrons. The molecule has 0 aromatic heterocycles. The SMILES string of the molecule is CS(=O)(=O)NCCC(=O)NC(c1ccc(F)cc1F)C1CC(O)C1. The van der Waals surface area contributed by atoms with Gasteiger partial charge in [0.25, 0.3) is 0 Å². The molecule has 1 saturated carbocycles. The lowest BCUT2D eigenvalue weighted by atomic mass is 9.75. The second-order valence-corrected chi connectivity index (χ2v) is 7.85. The van der Waals surface area contributed by atoms with Gasteiger partial charge in [-0.2, -0.15) is 0 Å². The molecule has 1 aliphatic rings. The van der Waals surface area contributed by atoms with Gasteiger partial charge in [0.1, 0.15) is 11.6 Å². The maximum Gasteiger partial charge on any atom is 0.221 e. The van der Waals surface area contributed by atoms with Crippen LogP contribution in [-0.4, -0.2) is 38.3 Å². The fourth-order valence-electron chi connectivity index (χ4n) is 2.70. The first kappa shape index (κ1) is 18.8. The summed E-state index contributed by atoms with van der Waals surface area (Å²) in [5.41, 5.74) is 0.151. The summed E-state index contributed by atoms with van der Waals surface area (Å²) < 4.78 is 51.3. The second kappa shape index (κ2) is 7.54. The van der Waals surface area contributed by atoms with Gasteiger partial charge in [-0.1, -0.05) is 6.07 Å². The molecule has 1 atom stereocenters. The topological polar surface area (TPSA) is 95.5 Å². The molecule has 1 fully saturated rings. The molecular formula is C15H20F2N2O4S. The van der Waals surface area contributed by atoms with Crippen molar-refractivity contribution in [2.45, 2.75) is 31.4 Å². The van der Waals surface area contributed by atoms with E-state index in [4.69, 9.17) is 0 Å². The van der Waals surface area contributed by atoms with E-state index in [1.54, 1.807) is 0 Å². The smallest absolute Gasteiger partial charge is 0.221 e. The first-order valence-electron chi connectivity index (χ1n) is 7.52. The predicted octanol–water partition coefficient (Wildman–Crippen LogP) is 0.832. The van der Waals surface area contributed by atoms with Crippen LogP contribution in [-0.2, 0) is 14.8 Å². The zero-order valence-corrected chi connectivity index (χ0v) is 13.9. The van der Waals surface area contributed by atoms with Crippen molar-refractivity contribution in [2.24, 2.45) is 5.92 Å². The number of hydrogen-bond acceptors (Lipinski definition) is 4. The van der Waals surface area contributed by atoms with Crippen LogP contribution in [0.4, 0.5) is 8.78 Å². The molecule has 3 N–H and O–H groups in total. The monoisotopic (exact) mass is 362 g/mol. The van der Waals surface area contributed by atoms with Crippen molar-refractivity contribution in [3.05, 3.63) is 35.4 Å². The highest BCUT2D eigenvalue weighted by Gasteiger charge is 2.36. The van der Waals surface area contributed by atoms with Gasteiger partial charge >= 0.3 is 0 Å². The van der Waals surface area contributed by atoms with Crippen molar-refractivity contribution in [3.8, 4) is 0 Å². The van der Waals surface area contributed by atoms with E-state index in [0.29, 0.717) is 12.8 Å². The minimum atomic E-state index is -3.39. The first-order chi connectivity index (χ1) is 11.2. The van der Waals surface area contributed by atoms with Gasteiger partial charge in [-0.15, -0.1) is 0 Å². The maximum absolute atomic E-state index is 14.0. The predicted molar refractivity (Wildman–Crippen MR) is 83.4 cm³/mol. The van der Waals surface area contributed by atoms with E-state index in [1.807, 2.05) is 0 Å². The lowest BCUT2D eigenvalue weighted by Gasteiger charge is -2.38. The quantitative estimate of drug-likeness (QED) is 0.670. The number of aliphatic hydroxyl groups excluding tert-OH is 1. The molecule has 1 aromatic rings. The number of rotatable bonds is 7. The Morgan fingerprint density at radius 2 is 2.04 bits per heavy atom. The van der Waals surface area contributed by atoms with E-state index in [2.05, 4.69) is 10.0 Å². The normalized spacial score (nSPS) is 21.8. The summed E-state index contributed by atoms with van der Waals surface area (Å²) in [5, 5.41) is 12.1. The fourth-order valence-corrected chi connectivity index (χ4v) is 3.17. The van der Waals surface area contributed by atoms with Gasteiger partial charge in [0.15, 0.2) is 0 Å². The van der Waals surface area contributed by atoms with Gasteiger partial charge in [0, 0.05) is 24.6 Å². The Balaban J connectivity index is 2.05. The highest BCUT2D eigenvalue weighted by molar-refractivity contribution is 7.88. The summed E-state index contributed by atoms with van der Waals surface area (Å²) in [6.45, 7) is -0.0728. The number of nitrogens with one attached hydrogen (secondary N) is 2. The molecule has 1 amide bonds. The molecule has 24 heavy (non-hydrogen) atoms. The second-order valence-electron chi connectivity index (χ2n) is 6.01. The van der Waals surface area contributed by atoms with Gasteiger partial charge in [-0.3, -0.25) is 4.79 Å². The number of carbonyl (C=O) groups excluding carboxylic acids is 1. The molecule has 6 nitrogen and oxygen atoms in total. The summed E-state index contributed by atoms with van der Waals surface area (Å²) in [4.78, 5) is 12.0.